The molecule has 4 rings (SSSR count). The highest BCUT2D eigenvalue weighted by Crippen LogP contribution is 2.40. The molecule has 0 unspecified atom stereocenters. The number of thiazole rings is 1. The molecular weight excluding hydrogens is 416 g/mol. The van der Waals surface area contributed by atoms with Gasteiger partial charge in [-0.2, -0.15) is 0 Å². The van der Waals surface area contributed by atoms with Crippen LogP contribution >= 0.6 is 11.3 Å². The van der Waals surface area contributed by atoms with E-state index in [1.165, 1.54) is 11.3 Å². The van der Waals surface area contributed by atoms with Gasteiger partial charge < -0.3 is 18.9 Å². The van der Waals surface area contributed by atoms with Crippen LogP contribution in [0.3, 0.4) is 0 Å². The van der Waals surface area contributed by atoms with Crippen molar-refractivity contribution in [1.82, 2.24) is 24.6 Å². The first kappa shape index (κ1) is 21.5. The van der Waals surface area contributed by atoms with E-state index >= 15 is 0 Å². The summed E-state index contributed by atoms with van der Waals surface area (Å²) in [5.41, 5.74) is 0.689. The molecule has 2 aromatic heterocycles. The van der Waals surface area contributed by atoms with E-state index in [0.717, 1.165) is 49.5 Å². The van der Waals surface area contributed by atoms with Gasteiger partial charge in [0.15, 0.2) is 5.13 Å². The van der Waals surface area contributed by atoms with Gasteiger partial charge in [-0.1, -0.05) is 25.2 Å². The van der Waals surface area contributed by atoms with E-state index in [9.17, 15) is 4.79 Å². The summed E-state index contributed by atoms with van der Waals surface area (Å²) in [4.78, 5) is 22.4. The number of benzene rings is 1. The molecule has 0 atom stereocenters. The molecule has 3 heterocycles. The molecule has 1 amide bonds. The number of amides is 1. The number of anilines is 1. The molecule has 31 heavy (non-hydrogen) atoms. The lowest BCUT2D eigenvalue weighted by Gasteiger charge is -2.24. The average molecular weight is 445 g/mol. The minimum absolute atomic E-state index is 0.176. The van der Waals surface area contributed by atoms with Crippen LogP contribution in [0.4, 0.5) is 5.13 Å². The lowest BCUT2D eigenvalue weighted by Crippen LogP contribution is -2.40. The van der Waals surface area contributed by atoms with Gasteiger partial charge in [-0.15, -0.1) is 10.2 Å². The summed E-state index contributed by atoms with van der Waals surface area (Å²) in [6, 6.07) is 3.69. The van der Waals surface area contributed by atoms with Gasteiger partial charge in [-0.3, -0.25) is 9.69 Å². The van der Waals surface area contributed by atoms with E-state index in [2.05, 4.69) is 28.9 Å². The maximum Gasteiger partial charge on any atom is 0.298 e. The Kier molecular flexibility index (Phi) is 6.38. The Morgan fingerprint density at radius 2 is 1.87 bits per heavy atom. The zero-order valence-corrected chi connectivity index (χ0v) is 19.2. The number of likely N-dealkylation sites (N-methyl/N-ethyl adjacent to an activating group) is 1. The second-order valence-electron chi connectivity index (χ2n) is 7.32. The van der Waals surface area contributed by atoms with Crippen molar-refractivity contribution in [2.45, 2.75) is 33.2 Å². The third kappa shape index (κ3) is 3.97. The molecule has 0 saturated carbocycles. The number of methoxy groups -OCH3 is 2. The van der Waals surface area contributed by atoms with Crippen LogP contribution in [0.5, 0.6) is 11.5 Å². The Labute approximate surface area is 185 Å². The standard InChI is InChI=1S/C21H28N6O3S/c1-5-25(6-2)12-13-27(20(28)19-24-23-16-8-7-11-26(16)19)21-22-17-14(29-3)9-10-15(30-4)18(17)31-21/h9-10H,5-8,11-13H2,1-4H3. The highest BCUT2D eigenvalue weighted by atomic mass is 32.1. The minimum Gasteiger partial charge on any atom is -0.495 e. The number of aromatic nitrogens is 4. The molecule has 10 heteroatoms. The van der Waals surface area contributed by atoms with Gasteiger partial charge in [0.05, 0.1) is 14.2 Å². The van der Waals surface area contributed by atoms with Crippen LogP contribution in [-0.4, -0.2) is 71.0 Å². The van der Waals surface area contributed by atoms with Crippen molar-refractivity contribution in [3.8, 4) is 11.5 Å². The van der Waals surface area contributed by atoms with E-state index in [4.69, 9.17) is 14.5 Å². The third-order valence-electron chi connectivity index (χ3n) is 5.71. The van der Waals surface area contributed by atoms with E-state index in [1.807, 2.05) is 16.7 Å². The van der Waals surface area contributed by atoms with Gasteiger partial charge in [0.25, 0.3) is 5.91 Å². The maximum absolute atomic E-state index is 13.6. The predicted octanol–water partition coefficient (Wildman–Crippen LogP) is 2.84. The first-order valence-corrected chi connectivity index (χ1v) is 11.4. The number of rotatable bonds is 9. The normalized spacial score (nSPS) is 13.1. The van der Waals surface area contributed by atoms with Crippen LogP contribution < -0.4 is 14.4 Å². The topological polar surface area (TPSA) is 85.6 Å². The first-order valence-electron chi connectivity index (χ1n) is 10.6. The zero-order chi connectivity index (χ0) is 22.0. The number of nitrogens with zero attached hydrogens (tertiary/aromatic N) is 6. The average Bonchev–Trinajstić information content (AvgIpc) is 3.51. The number of carbonyl (C=O) groups excluding carboxylic acids is 1. The quantitative estimate of drug-likeness (QED) is 0.502. The number of fused-ring (bicyclic) bond motifs is 2. The summed E-state index contributed by atoms with van der Waals surface area (Å²) in [6.45, 7) is 8.09. The van der Waals surface area contributed by atoms with Crippen molar-refractivity contribution in [2.24, 2.45) is 0 Å². The fourth-order valence-electron chi connectivity index (χ4n) is 3.88. The molecule has 1 aromatic carbocycles. The van der Waals surface area contributed by atoms with Gasteiger partial charge >= 0.3 is 0 Å². The Hall–Kier alpha value is -2.72. The highest BCUT2D eigenvalue weighted by molar-refractivity contribution is 7.22. The van der Waals surface area contributed by atoms with Crippen LogP contribution in [0, 0.1) is 0 Å². The monoisotopic (exact) mass is 444 g/mol. The maximum atomic E-state index is 13.6. The molecule has 1 aliphatic heterocycles. The Balaban J connectivity index is 1.75. The summed E-state index contributed by atoms with van der Waals surface area (Å²) in [5.74, 6) is 2.44. The summed E-state index contributed by atoms with van der Waals surface area (Å²) in [6.07, 6.45) is 1.84. The molecule has 0 saturated heterocycles. The number of hydrogen-bond donors (Lipinski definition) is 0. The van der Waals surface area contributed by atoms with Gasteiger partial charge in [-0.25, -0.2) is 4.98 Å². The van der Waals surface area contributed by atoms with Crippen molar-refractivity contribution >= 4 is 32.6 Å². The first-order chi connectivity index (χ1) is 15.1. The van der Waals surface area contributed by atoms with Crippen LogP contribution in [0.25, 0.3) is 10.2 Å². The van der Waals surface area contributed by atoms with Crippen molar-refractivity contribution < 1.29 is 14.3 Å². The van der Waals surface area contributed by atoms with Crippen molar-refractivity contribution in [3.63, 3.8) is 0 Å². The SMILES string of the molecule is CCN(CC)CCN(C(=O)c1nnc2n1CCC2)c1nc2c(OC)ccc(OC)c2s1. The molecule has 9 nitrogen and oxygen atoms in total. The molecule has 0 spiro atoms. The summed E-state index contributed by atoms with van der Waals surface area (Å²) >= 11 is 1.42. The Morgan fingerprint density at radius 1 is 1.13 bits per heavy atom. The number of carbonyl (C=O) groups is 1. The summed E-state index contributed by atoms with van der Waals surface area (Å²) in [7, 11) is 3.24. The highest BCUT2D eigenvalue weighted by Gasteiger charge is 2.30. The van der Waals surface area contributed by atoms with E-state index in [0.29, 0.717) is 34.5 Å². The Morgan fingerprint density at radius 3 is 2.58 bits per heavy atom. The predicted molar refractivity (Wildman–Crippen MR) is 121 cm³/mol. The van der Waals surface area contributed by atoms with E-state index < -0.39 is 0 Å². The molecule has 166 valence electrons. The second kappa shape index (κ2) is 9.19. The van der Waals surface area contributed by atoms with Gasteiger partial charge in [-0.05, 0) is 31.6 Å². The zero-order valence-electron chi connectivity index (χ0n) is 18.4. The molecule has 0 bridgehead atoms. The molecular formula is C21H28N6O3S. The smallest absolute Gasteiger partial charge is 0.298 e. The molecule has 0 N–H and O–H groups in total. The van der Waals surface area contributed by atoms with Crippen LogP contribution in [-0.2, 0) is 13.0 Å². The van der Waals surface area contributed by atoms with Gasteiger partial charge in [0, 0.05) is 26.1 Å². The van der Waals surface area contributed by atoms with Crippen LogP contribution in [0.2, 0.25) is 0 Å². The van der Waals surface area contributed by atoms with Gasteiger partial charge in [0.2, 0.25) is 5.82 Å². The molecule has 0 aliphatic carbocycles. The number of ether oxygens (including phenoxy) is 2. The Bertz CT molecular complexity index is 1030. The largest absolute Gasteiger partial charge is 0.495 e. The number of hydrogen-bond acceptors (Lipinski definition) is 8. The van der Waals surface area contributed by atoms with Gasteiger partial charge in [0.1, 0.15) is 27.5 Å². The lowest BCUT2D eigenvalue weighted by molar-refractivity contribution is 0.0969. The summed E-state index contributed by atoms with van der Waals surface area (Å²) in [5, 5.41) is 9.03. The molecule has 1 aliphatic rings. The van der Waals surface area contributed by atoms with Crippen molar-refractivity contribution in [3.05, 3.63) is 23.8 Å². The van der Waals surface area contributed by atoms with Crippen molar-refractivity contribution in [2.75, 3.05) is 45.3 Å². The molecule has 0 radical (unpaired) electrons. The van der Waals surface area contributed by atoms with Crippen molar-refractivity contribution in [1.29, 1.82) is 0 Å². The second-order valence-corrected chi connectivity index (χ2v) is 8.30. The van der Waals surface area contributed by atoms with E-state index in [-0.39, 0.29) is 5.91 Å². The number of aryl methyl sites for hydroxylation is 1. The fourth-order valence-corrected chi connectivity index (χ4v) is 4.98. The summed E-state index contributed by atoms with van der Waals surface area (Å²) < 4.78 is 13.8. The minimum atomic E-state index is -0.176. The lowest BCUT2D eigenvalue weighted by atomic mass is 10.3. The van der Waals surface area contributed by atoms with Crippen LogP contribution in [0.15, 0.2) is 12.1 Å². The van der Waals surface area contributed by atoms with E-state index in [1.54, 1.807) is 19.1 Å². The molecule has 0 fully saturated rings. The molecule has 3 aromatic rings. The third-order valence-corrected chi connectivity index (χ3v) is 6.80. The fraction of sp³-hybridized carbons (Fsp3) is 0.524. The van der Waals surface area contributed by atoms with Crippen LogP contribution in [0.1, 0.15) is 36.7 Å².